The highest BCUT2D eigenvalue weighted by molar-refractivity contribution is 5.88. The van der Waals surface area contributed by atoms with Gasteiger partial charge >= 0.3 is 5.97 Å². The maximum absolute atomic E-state index is 10.8. The summed E-state index contributed by atoms with van der Waals surface area (Å²) in [6, 6.07) is 4.07. The van der Waals surface area contributed by atoms with Gasteiger partial charge in [0.1, 0.15) is 11.4 Å². The number of aryl methyl sites for hydroxylation is 1. The zero-order valence-electron chi connectivity index (χ0n) is 8.58. The molecule has 0 aliphatic heterocycles. The van der Waals surface area contributed by atoms with E-state index in [9.17, 15) is 9.90 Å². The Labute approximate surface area is 91.6 Å². The number of carboxylic acids is 1. The topological polar surface area (TPSA) is 75.4 Å². The van der Waals surface area contributed by atoms with E-state index < -0.39 is 5.97 Å². The Kier molecular flexibility index (Phi) is 2.36. The number of aromatic nitrogens is 2. The summed E-state index contributed by atoms with van der Waals surface area (Å²) in [5, 5.41) is 22.5. The fourth-order valence-corrected chi connectivity index (χ4v) is 1.38. The average molecular weight is 218 g/mol. The normalized spacial score (nSPS) is 10.3. The minimum Gasteiger partial charge on any atom is -0.506 e. The Morgan fingerprint density at radius 1 is 1.44 bits per heavy atom. The Morgan fingerprint density at radius 3 is 2.75 bits per heavy atom. The molecule has 2 rings (SSSR count). The van der Waals surface area contributed by atoms with E-state index in [2.05, 4.69) is 5.10 Å². The van der Waals surface area contributed by atoms with Crippen LogP contribution in [0, 0.1) is 6.92 Å². The van der Waals surface area contributed by atoms with Gasteiger partial charge in [-0.25, -0.2) is 9.48 Å². The molecule has 82 valence electrons. The molecule has 0 atom stereocenters. The molecule has 1 aromatic heterocycles. The monoisotopic (exact) mass is 218 g/mol. The van der Waals surface area contributed by atoms with E-state index in [4.69, 9.17) is 5.11 Å². The number of aromatic carboxylic acids is 1. The van der Waals surface area contributed by atoms with Crippen molar-refractivity contribution < 1.29 is 15.0 Å². The van der Waals surface area contributed by atoms with Gasteiger partial charge in [-0.3, -0.25) is 0 Å². The Hall–Kier alpha value is -2.30. The fraction of sp³-hybridized carbons (Fsp3) is 0.0909. The number of hydrogen-bond acceptors (Lipinski definition) is 3. The van der Waals surface area contributed by atoms with Crippen molar-refractivity contribution in [1.82, 2.24) is 9.78 Å². The van der Waals surface area contributed by atoms with Crippen LogP contribution in [0.15, 0.2) is 30.6 Å². The highest BCUT2D eigenvalue weighted by atomic mass is 16.4. The number of phenols is 1. The second kappa shape index (κ2) is 3.69. The van der Waals surface area contributed by atoms with Crippen LogP contribution in [-0.2, 0) is 0 Å². The third kappa shape index (κ3) is 1.75. The number of benzene rings is 1. The van der Waals surface area contributed by atoms with E-state index in [0.29, 0.717) is 5.69 Å². The van der Waals surface area contributed by atoms with Crippen LogP contribution in [0.25, 0.3) is 5.69 Å². The van der Waals surface area contributed by atoms with E-state index in [1.807, 2.05) is 6.92 Å². The summed E-state index contributed by atoms with van der Waals surface area (Å²) in [5.74, 6) is -1.04. The Bertz CT molecular complexity index is 546. The molecule has 0 unspecified atom stereocenters. The predicted octanol–water partition coefficient (Wildman–Crippen LogP) is 1.58. The van der Waals surface area contributed by atoms with Gasteiger partial charge in [-0.15, -0.1) is 0 Å². The number of hydrogen-bond donors (Lipinski definition) is 2. The lowest BCUT2D eigenvalue weighted by Crippen LogP contribution is -2.00. The zero-order chi connectivity index (χ0) is 11.7. The molecular weight excluding hydrogens is 208 g/mol. The van der Waals surface area contributed by atoms with Gasteiger partial charge in [-0.05, 0) is 30.7 Å². The molecule has 0 amide bonds. The molecule has 0 aliphatic carbocycles. The van der Waals surface area contributed by atoms with Crippen molar-refractivity contribution in [3.05, 3.63) is 41.7 Å². The van der Waals surface area contributed by atoms with Crippen LogP contribution >= 0.6 is 0 Å². The smallest absolute Gasteiger partial charge is 0.335 e. The van der Waals surface area contributed by atoms with Crippen molar-refractivity contribution in [2.24, 2.45) is 0 Å². The van der Waals surface area contributed by atoms with Crippen molar-refractivity contribution in [1.29, 1.82) is 0 Å². The molecular formula is C11H10N2O3. The molecule has 0 spiro atoms. The molecule has 0 aliphatic rings. The molecule has 1 aromatic carbocycles. The molecule has 0 fully saturated rings. The molecule has 5 nitrogen and oxygen atoms in total. The molecule has 2 N–H and O–H groups in total. The maximum atomic E-state index is 10.8. The third-order valence-corrected chi connectivity index (χ3v) is 2.18. The average Bonchev–Trinajstić information content (AvgIpc) is 2.65. The first kappa shape index (κ1) is 10.2. The summed E-state index contributed by atoms with van der Waals surface area (Å²) < 4.78 is 1.44. The first-order valence-electron chi connectivity index (χ1n) is 4.66. The SMILES string of the molecule is Cc1cnn(-c2cc(C(=O)O)ccc2O)c1. The summed E-state index contributed by atoms with van der Waals surface area (Å²) >= 11 is 0. The standard InChI is InChI=1S/C11H10N2O3/c1-7-5-12-13(6-7)9-4-8(11(15)16)2-3-10(9)14/h2-6,14H,1H3,(H,15,16). The molecule has 0 bridgehead atoms. The Morgan fingerprint density at radius 2 is 2.19 bits per heavy atom. The predicted molar refractivity (Wildman–Crippen MR) is 56.9 cm³/mol. The molecule has 1 heterocycles. The van der Waals surface area contributed by atoms with Crippen molar-refractivity contribution >= 4 is 5.97 Å². The summed E-state index contributed by atoms with van der Waals surface area (Å²) in [6.07, 6.45) is 3.34. The van der Waals surface area contributed by atoms with E-state index in [1.165, 1.54) is 22.9 Å². The van der Waals surface area contributed by atoms with Gasteiger partial charge in [-0.2, -0.15) is 5.10 Å². The van der Waals surface area contributed by atoms with Crippen LogP contribution in [-0.4, -0.2) is 26.0 Å². The highest BCUT2D eigenvalue weighted by Gasteiger charge is 2.09. The van der Waals surface area contributed by atoms with Gasteiger partial charge in [0.2, 0.25) is 0 Å². The van der Waals surface area contributed by atoms with Crippen LogP contribution < -0.4 is 0 Å². The largest absolute Gasteiger partial charge is 0.506 e. The van der Waals surface area contributed by atoms with Crippen molar-refractivity contribution in [3.63, 3.8) is 0 Å². The van der Waals surface area contributed by atoms with Crippen LogP contribution in [0.3, 0.4) is 0 Å². The number of aromatic hydroxyl groups is 1. The maximum Gasteiger partial charge on any atom is 0.335 e. The number of carboxylic acid groups (broad SMARTS) is 1. The molecule has 2 aromatic rings. The number of nitrogens with zero attached hydrogens (tertiary/aromatic N) is 2. The highest BCUT2D eigenvalue weighted by Crippen LogP contribution is 2.22. The van der Waals surface area contributed by atoms with E-state index in [0.717, 1.165) is 5.56 Å². The molecule has 16 heavy (non-hydrogen) atoms. The number of rotatable bonds is 2. The van der Waals surface area contributed by atoms with Crippen LogP contribution in [0.4, 0.5) is 0 Å². The van der Waals surface area contributed by atoms with Crippen molar-refractivity contribution in [2.45, 2.75) is 6.92 Å². The van der Waals surface area contributed by atoms with E-state index in [-0.39, 0.29) is 11.3 Å². The second-order valence-corrected chi connectivity index (χ2v) is 3.47. The van der Waals surface area contributed by atoms with Crippen LogP contribution in [0.1, 0.15) is 15.9 Å². The lowest BCUT2D eigenvalue weighted by molar-refractivity contribution is 0.0697. The fourth-order valence-electron chi connectivity index (χ4n) is 1.38. The summed E-state index contributed by atoms with van der Waals surface area (Å²) in [4.78, 5) is 10.8. The van der Waals surface area contributed by atoms with Crippen molar-refractivity contribution in [2.75, 3.05) is 0 Å². The minimum absolute atomic E-state index is 0.00639. The molecule has 5 heteroatoms. The minimum atomic E-state index is -1.04. The van der Waals surface area contributed by atoms with Gasteiger partial charge in [0.25, 0.3) is 0 Å². The summed E-state index contributed by atoms with van der Waals surface area (Å²) in [5.41, 5.74) is 1.40. The quantitative estimate of drug-likeness (QED) is 0.802. The van der Waals surface area contributed by atoms with Gasteiger partial charge in [0.05, 0.1) is 11.8 Å². The van der Waals surface area contributed by atoms with Crippen LogP contribution in [0.5, 0.6) is 5.75 Å². The molecule has 0 radical (unpaired) electrons. The van der Waals surface area contributed by atoms with Gasteiger partial charge in [0.15, 0.2) is 0 Å². The summed E-state index contributed by atoms with van der Waals surface area (Å²) in [6.45, 7) is 1.86. The lowest BCUT2D eigenvalue weighted by atomic mass is 10.2. The van der Waals surface area contributed by atoms with E-state index in [1.54, 1.807) is 12.4 Å². The first-order chi connectivity index (χ1) is 7.58. The van der Waals surface area contributed by atoms with Gasteiger partial charge in [0, 0.05) is 6.20 Å². The zero-order valence-corrected chi connectivity index (χ0v) is 8.58. The first-order valence-corrected chi connectivity index (χ1v) is 4.66. The number of phenolic OH excluding ortho intramolecular Hbond substituents is 1. The van der Waals surface area contributed by atoms with Gasteiger partial charge in [-0.1, -0.05) is 0 Å². The van der Waals surface area contributed by atoms with Gasteiger partial charge < -0.3 is 10.2 Å². The second-order valence-electron chi connectivity index (χ2n) is 3.47. The molecule has 0 saturated heterocycles. The summed E-state index contributed by atoms with van der Waals surface area (Å²) in [7, 11) is 0. The molecule has 0 saturated carbocycles. The third-order valence-electron chi connectivity index (χ3n) is 2.18. The van der Waals surface area contributed by atoms with E-state index >= 15 is 0 Å². The lowest BCUT2D eigenvalue weighted by Gasteiger charge is -2.05. The Balaban J connectivity index is 2.55. The van der Waals surface area contributed by atoms with Crippen molar-refractivity contribution in [3.8, 4) is 11.4 Å². The van der Waals surface area contributed by atoms with Crippen LogP contribution in [0.2, 0.25) is 0 Å². The number of carbonyl (C=O) groups is 1.